The van der Waals surface area contributed by atoms with E-state index in [1.807, 2.05) is 0 Å². The Bertz CT molecular complexity index is 1090. The van der Waals surface area contributed by atoms with E-state index in [4.69, 9.17) is 21.1 Å². The number of fused-ring (bicyclic) bond motifs is 1. The number of nitrogens with zero attached hydrogens (tertiary/aromatic N) is 4. The van der Waals surface area contributed by atoms with Crippen LogP contribution in [-0.2, 0) is 14.4 Å². The summed E-state index contributed by atoms with van der Waals surface area (Å²) >= 11 is 6.05. The first-order valence-corrected chi connectivity index (χ1v) is 9.64. The fourth-order valence-corrected chi connectivity index (χ4v) is 3.65. The minimum atomic E-state index is -1.02. The minimum absolute atomic E-state index is 0.269. The molecule has 160 valence electrons. The number of hydrogen-bond acceptors (Lipinski definition) is 8. The van der Waals surface area contributed by atoms with Gasteiger partial charge in [0.15, 0.2) is 23.6 Å². The molecule has 2 atom stereocenters. The van der Waals surface area contributed by atoms with Gasteiger partial charge in [-0.05, 0) is 24.3 Å². The predicted molar refractivity (Wildman–Crippen MR) is 111 cm³/mol. The van der Waals surface area contributed by atoms with E-state index in [-0.39, 0.29) is 6.54 Å². The Morgan fingerprint density at radius 3 is 2.55 bits per heavy atom. The molecule has 2 heterocycles. The molecule has 1 saturated heterocycles. The fraction of sp³-hybridized carbons (Fsp3) is 0.250. The Balaban J connectivity index is 1.52. The zero-order chi connectivity index (χ0) is 22.1. The molecule has 2 aromatic carbocycles. The lowest BCUT2D eigenvalue weighted by molar-refractivity contribution is -0.123. The molecule has 31 heavy (non-hydrogen) atoms. The summed E-state index contributed by atoms with van der Waals surface area (Å²) in [7, 11) is 2.94. The molecule has 0 aliphatic carbocycles. The van der Waals surface area contributed by atoms with Gasteiger partial charge in [-0.2, -0.15) is 5.11 Å². The van der Waals surface area contributed by atoms with E-state index in [2.05, 4.69) is 15.7 Å². The normalized spacial score (nSPS) is 19.6. The van der Waals surface area contributed by atoms with E-state index in [9.17, 15) is 14.4 Å². The van der Waals surface area contributed by atoms with E-state index >= 15 is 0 Å². The van der Waals surface area contributed by atoms with Gasteiger partial charge in [0.25, 0.3) is 11.8 Å². The number of carbonyl (C=O) groups is 3. The van der Waals surface area contributed by atoms with Crippen molar-refractivity contribution in [3.8, 4) is 11.5 Å². The number of halogens is 1. The van der Waals surface area contributed by atoms with Crippen LogP contribution in [0, 0.1) is 0 Å². The Labute approximate surface area is 182 Å². The Hall–Kier alpha value is -3.66. The molecule has 1 fully saturated rings. The summed E-state index contributed by atoms with van der Waals surface area (Å²) in [5.74, 6) is -0.673. The summed E-state index contributed by atoms with van der Waals surface area (Å²) in [5.41, 5.74) is 0.750. The standard InChI is InChI=1S/C20H18ClN5O5/c1-30-14-8-7-11(9-15(14)31-2)26-19(28)17-18(20(26)29)25(24-23-17)10-16(27)22-13-6-4-3-5-12(13)21/h3-9,17-18H,10H2,1-2H3,(H,22,27). The van der Waals surface area contributed by atoms with Crippen LogP contribution in [-0.4, -0.2) is 55.6 Å². The number of hydrogen-bond donors (Lipinski definition) is 1. The number of amides is 3. The van der Waals surface area contributed by atoms with Crippen molar-refractivity contribution >= 4 is 40.7 Å². The molecule has 0 aromatic heterocycles. The average Bonchev–Trinajstić information content (AvgIpc) is 3.28. The maximum absolute atomic E-state index is 13.1. The molecular formula is C20H18ClN5O5. The molecule has 0 radical (unpaired) electrons. The Kier molecular flexibility index (Phi) is 5.47. The van der Waals surface area contributed by atoms with E-state index in [0.717, 1.165) is 4.90 Å². The molecular weight excluding hydrogens is 426 g/mol. The molecule has 2 unspecified atom stereocenters. The number of nitrogens with one attached hydrogen (secondary N) is 1. The maximum Gasteiger partial charge on any atom is 0.263 e. The van der Waals surface area contributed by atoms with Gasteiger partial charge in [-0.25, -0.2) is 4.90 Å². The van der Waals surface area contributed by atoms with E-state index in [1.165, 1.54) is 25.3 Å². The summed E-state index contributed by atoms with van der Waals surface area (Å²) in [6, 6.07) is 9.44. The highest BCUT2D eigenvalue weighted by molar-refractivity contribution is 6.33. The van der Waals surface area contributed by atoms with Crippen molar-refractivity contribution in [2.24, 2.45) is 10.3 Å². The van der Waals surface area contributed by atoms with Gasteiger partial charge in [0, 0.05) is 6.07 Å². The second-order valence-electron chi connectivity index (χ2n) is 6.77. The van der Waals surface area contributed by atoms with Crippen molar-refractivity contribution in [1.82, 2.24) is 5.01 Å². The van der Waals surface area contributed by atoms with Gasteiger partial charge in [-0.1, -0.05) is 29.0 Å². The molecule has 0 bridgehead atoms. The monoisotopic (exact) mass is 443 g/mol. The molecule has 1 N–H and O–H groups in total. The molecule has 0 saturated carbocycles. The number of imide groups is 1. The second-order valence-corrected chi connectivity index (χ2v) is 7.18. The summed E-state index contributed by atoms with van der Waals surface area (Å²) in [6.45, 7) is -0.269. The fourth-order valence-electron chi connectivity index (χ4n) is 3.47. The number of rotatable bonds is 6. The molecule has 4 rings (SSSR count). The maximum atomic E-state index is 13.1. The SMILES string of the molecule is COc1ccc(N2C(=O)C3N=NN(CC(=O)Nc4ccccc4Cl)C3C2=O)cc1OC. The largest absolute Gasteiger partial charge is 0.493 e. The van der Waals surface area contributed by atoms with Crippen LogP contribution < -0.4 is 19.7 Å². The zero-order valence-corrected chi connectivity index (χ0v) is 17.4. The van der Waals surface area contributed by atoms with Crippen LogP contribution in [0.5, 0.6) is 11.5 Å². The van der Waals surface area contributed by atoms with Gasteiger partial charge in [0.1, 0.15) is 6.54 Å². The van der Waals surface area contributed by atoms with Gasteiger partial charge in [-0.3, -0.25) is 19.4 Å². The lowest BCUT2D eigenvalue weighted by Crippen LogP contribution is -2.43. The number of methoxy groups -OCH3 is 2. The number of carbonyl (C=O) groups excluding carboxylic acids is 3. The van der Waals surface area contributed by atoms with Crippen molar-refractivity contribution in [3.63, 3.8) is 0 Å². The topological polar surface area (TPSA) is 113 Å². The van der Waals surface area contributed by atoms with Gasteiger partial charge >= 0.3 is 0 Å². The third-order valence-corrected chi connectivity index (χ3v) is 5.27. The average molecular weight is 444 g/mol. The van der Waals surface area contributed by atoms with Crippen LogP contribution in [0.15, 0.2) is 52.8 Å². The highest BCUT2D eigenvalue weighted by atomic mass is 35.5. The first kappa shape index (κ1) is 20.6. The first-order chi connectivity index (χ1) is 14.9. The molecule has 10 nitrogen and oxygen atoms in total. The van der Waals surface area contributed by atoms with Gasteiger partial charge in [0.2, 0.25) is 5.91 Å². The van der Waals surface area contributed by atoms with E-state index in [1.54, 1.807) is 36.4 Å². The third kappa shape index (κ3) is 3.66. The summed E-state index contributed by atoms with van der Waals surface area (Å²) < 4.78 is 10.4. The van der Waals surface area contributed by atoms with Crippen molar-refractivity contribution < 1.29 is 23.9 Å². The van der Waals surface area contributed by atoms with Crippen molar-refractivity contribution in [2.45, 2.75) is 12.1 Å². The quantitative estimate of drug-likeness (QED) is 0.685. The van der Waals surface area contributed by atoms with Crippen LogP contribution in [0.4, 0.5) is 11.4 Å². The molecule has 11 heteroatoms. The van der Waals surface area contributed by atoms with Crippen LogP contribution in [0.1, 0.15) is 0 Å². The molecule has 0 spiro atoms. The van der Waals surface area contributed by atoms with Crippen molar-refractivity contribution in [2.75, 3.05) is 31.0 Å². The zero-order valence-electron chi connectivity index (χ0n) is 16.6. The number of anilines is 2. The summed E-state index contributed by atoms with van der Waals surface area (Å²) in [5, 5.41) is 12.0. The highest BCUT2D eigenvalue weighted by Crippen LogP contribution is 2.36. The summed E-state index contributed by atoms with van der Waals surface area (Å²) in [6.07, 6.45) is 0. The molecule has 2 aliphatic heterocycles. The summed E-state index contributed by atoms with van der Waals surface area (Å²) in [4.78, 5) is 39.4. The highest BCUT2D eigenvalue weighted by Gasteiger charge is 2.55. The van der Waals surface area contributed by atoms with Crippen LogP contribution in [0.2, 0.25) is 5.02 Å². The van der Waals surface area contributed by atoms with Gasteiger partial charge < -0.3 is 14.8 Å². The molecule has 3 amide bonds. The second kappa shape index (κ2) is 8.23. The van der Waals surface area contributed by atoms with Crippen molar-refractivity contribution in [3.05, 3.63) is 47.5 Å². The van der Waals surface area contributed by atoms with Gasteiger partial charge in [0.05, 0.1) is 30.6 Å². The molecule has 2 aliphatic rings. The number of para-hydroxylation sites is 1. The minimum Gasteiger partial charge on any atom is -0.493 e. The van der Waals surface area contributed by atoms with Gasteiger partial charge in [-0.15, -0.1) is 0 Å². The van der Waals surface area contributed by atoms with E-state index < -0.39 is 29.8 Å². The molecule has 2 aromatic rings. The number of ether oxygens (including phenoxy) is 2. The van der Waals surface area contributed by atoms with E-state index in [0.29, 0.717) is 27.9 Å². The number of benzene rings is 2. The smallest absolute Gasteiger partial charge is 0.263 e. The third-order valence-electron chi connectivity index (χ3n) is 4.94. The lowest BCUT2D eigenvalue weighted by Gasteiger charge is -2.21. The Morgan fingerprint density at radius 2 is 1.84 bits per heavy atom. The van der Waals surface area contributed by atoms with Crippen LogP contribution in [0.3, 0.4) is 0 Å². The first-order valence-electron chi connectivity index (χ1n) is 9.26. The van der Waals surface area contributed by atoms with Crippen LogP contribution in [0.25, 0.3) is 0 Å². The predicted octanol–water partition coefficient (Wildman–Crippen LogP) is 2.29. The Morgan fingerprint density at radius 1 is 1.10 bits per heavy atom. The van der Waals surface area contributed by atoms with Crippen LogP contribution >= 0.6 is 11.6 Å². The lowest BCUT2D eigenvalue weighted by atomic mass is 10.1. The van der Waals surface area contributed by atoms with Crippen molar-refractivity contribution in [1.29, 1.82) is 0 Å².